The fourth-order valence-corrected chi connectivity index (χ4v) is 1.82. The molecular weight excluding hydrogens is 230 g/mol. The van der Waals surface area contributed by atoms with Crippen molar-refractivity contribution in [1.29, 1.82) is 0 Å². The molecule has 0 atom stereocenters. The van der Waals surface area contributed by atoms with E-state index in [2.05, 4.69) is 5.32 Å². The SMILES string of the molecule is Oc1ccccc1Nc1cc2cccc(O)c2o1. The van der Waals surface area contributed by atoms with Gasteiger partial charge in [0.05, 0.1) is 5.69 Å². The maximum atomic E-state index is 9.65. The Morgan fingerprint density at radius 1 is 0.889 bits per heavy atom. The van der Waals surface area contributed by atoms with Crippen molar-refractivity contribution in [3.05, 3.63) is 48.5 Å². The fraction of sp³-hybridized carbons (Fsp3) is 0. The zero-order chi connectivity index (χ0) is 12.5. The minimum absolute atomic E-state index is 0.0952. The van der Waals surface area contributed by atoms with Crippen molar-refractivity contribution < 1.29 is 14.6 Å². The third-order valence-electron chi connectivity index (χ3n) is 2.69. The van der Waals surface area contributed by atoms with E-state index in [0.29, 0.717) is 17.2 Å². The molecule has 1 aromatic heterocycles. The lowest BCUT2D eigenvalue weighted by Gasteiger charge is -2.04. The Bertz CT molecular complexity index is 703. The van der Waals surface area contributed by atoms with Crippen LogP contribution in [0, 0.1) is 0 Å². The van der Waals surface area contributed by atoms with Crippen molar-refractivity contribution in [1.82, 2.24) is 0 Å². The highest BCUT2D eigenvalue weighted by molar-refractivity contribution is 5.86. The number of phenols is 2. The van der Waals surface area contributed by atoms with Crippen LogP contribution in [0.15, 0.2) is 52.9 Å². The summed E-state index contributed by atoms with van der Waals surface area (Å²) in [6.07, 6.45) is 0. The van der Waals surface area contributed by atoms with Gasteiger partial charge in [-0.3, -0.25) is 0 Å². The molecule has 4 nitrogen and oxygen atoms in total. The molecule has 1 heterocycles. The van der Waals surface area contributed by atoms with Gasteiger partial charge in [-0.2, -0.15) is 0 Å². The van der Waals surface area contributed by atoms with Gasteiger partial charge in [0.15, 0.2) is 17.2 Å². The molecule has 0 saturated heterocycles. The normalized spacial score (nSPS) is 10.7. The maximum Gasteiger partial charge on any atom is 0.198 e. The van der Waals surface area contributed by atoms with Crippen molar-refractivity contribution in [2.24, 2.45) is 0 Å². The third kappa shape index (κ3) is 1.73. The molecule has 0 aliphatic carbocycles. The van der Waals surface area contributed by atoms with Gasteiger partial charge >= 0.3 is 0 Å². The average Bonchev–Trinajstić information content (AvgIpc) is 2.76. The molecule has 18 heavy (non-hydrogen) atoms. The summed E-state index contributed by atoms with van der Waals surface area (Å²) in [6.45, 7) is 0. The van der Waals surface area contributed by atoms with E-state index in [1.54, 1.807) is 36.4 Å². The number of aromatic hydroxyl groups is 2. The lowest BCUT2D eigenvalue weighted by atomic mass is 10.2. The van der Waals surface area contributed by atoms with Crippen LogP contribution in [0.1, 0.15) is 0 Å². The van der Waals surface area contributed by atoms with E-state index in [0.717, 1.165) is 5.39 Å². The van der Waals surface area contributed by atoms with Gasteiger partial charge in [0.1, 0.15) is 5.75 Å². The molecule has 3 rings (SSSR count). The standard InChI is InChI=1S/C14H11NO3/c16-11-6-2-1-5-10(11)15-13-8-9-4-3-7-12(17)14(9)18-13/h1-8,15-17H. The first kappa shape index (κ1) is 10.5. The maximum absolute atomic E-state index is 9.65. The Morgan fingerprint density at radius 3 is 2.44 bits per heavy atom. The predicted molar refractivity (Wildman–Crippen MR) is 69.3 cm³/mol. The van der Waals surface area contributed by atoms with Gasteiger partial charge in [0.2, 0.25) is 0 Å². The average molecular weight is 241 g/mol. The van der Waals surface area contributed by atoms with E-state index >= 15 is 0 Å². The van der Waals surface area contributed by atoms with Gasteiger partial charge in [-0.25, -0.2) is 0 Å². The van der Waals surface area contributed by atoms with E-state index < -0.39 is 0 Å². The second-order valence-electron chi connectivity index (χ2n) is 3.95. The number of para-hydroxylation sites is 3. The lowest BCUT2D eigenvalue weighted by Crippen LogP contribution is -1.87. The zero-order valence-electron chi connectivity index (χ0n) is 9.42. The molecule has 90 valence electrons. The minimum atomic E-state index is 0.0952. The number of nitrogens with one attached hydrogen (secondary N) is 1. The van der Waals surface area contributed by atoms with Crippen LogP contribution in [-0.2, 0) is 0 Å². The summed E-state index contributed by atoms with van der Waals surface area (Å²) in [5.74, 6) is 0.702. The molecule has 0 aliphatic heterocycles. The second-order valence-corrected chi connectivity index (χ2v) is 3.95. The lowest BCUT2D eigenvalue weighted by molar-refractivity contribution is 0.466. The summed E-state index contributed by atoms with van der Waals surface area (Å²) >= 11 is 0. The molecule has 3 aromatic rings. The van der Waals surface area contributed by atoms with Crippen LogP contribution in [0.25, 0.3) is 11.0 Å². The van der Waals surface area contributed by atoms with Gasteiger partial charge in [-0.05, 0) is 18.2 Å². The molecule has 0 amide bonds. The monoisotopic (exact) mass is 241 g/mol. The Morgan fingerprint density at radius 2 is 1.67 bits per heavy atom. The Kier molecular flexibility index (Phi) is 2.34. The molecule has 0 radical (unpaired) electrons. The first-order valence-electron chi connectivity index (χ1n) is 5.50. The van der Waals surface area contributed by atoms with Crippen molar-refractivity contribution in [2.45, 2.75) is 0 Å². The smallest absolute Gasteiger partial charge is 0.198 e. The molecule has 0 saturated carbocycles. The van der Waals surface area contributed by atoms with Crippen LogP contribution < -0.4 is 5.32 Å². The van der Waals surface area contributed by atoms with Gasteiger partial charge in [0, 0.05) is 11.5 Å². The Labute approximate surface area is 103 Å². The van der Waals surface area contributed by atoms with Gasteiger partial charge in [-0.15, -0.1) is 0 Å². The van der Waals surface area contributed by atoms with E-state index in [4.69, 9.17) is 4.42 Å². The van der Waals surface area contributed by atoms with Crippen LogP contribution in [0.2, 0.25) is 0 Å². The molecule has 0 bridgehead atoms. The van der Waals surface area contributed by atoms with Crippen LogP contribution >= 0.6 is 0 Å². The van der Waals surface area contributed by atoms with E-state index in [1.165, 1.54) is 0 Å². The van der Waals surface area contributed by atoms with E-state index in [9.17, 15) is 10.2 Å². The molecule has 4 heteroatoms. The zero-order valence-corrected chi connectivity index (χ0v) is 9.42. The van der Waals surface area contributed by atoms with E-state index in [-0.39, 0.29) is 11.5 Å². The highest BCUT2D eigenvalue weighted by atomic mass is 16.4. The first-order chi connectivity index (χ1) is 8.74. The Balaban J connectivity index is 2.01. The molecule has 0 fully saturated rings. The number of hydrogen-bond acceptors (Lipinski definition) is 4. The molecule has 2 aromatic carbocycles. The summed E-state index contributed by atoms with van der Waals surface area (Å²) in [5.41, 5.74) is 0.978. The summed E-state index contributed by atoms with van der Waals surface area (Å²) in [5, 5.41) is 23.0. The molecule has 0 aliphatic rings. The molecule has 3 N–H and O–H groups in total. The van der Waals surface area contributed by atoms with Crippen molar-refractivity contribution in [3.8, 4) is 11.5 Å². The largest absolute Gasteiger partial charge is 0.506 e. The van der Waals surface area contributed by atoms with Crippen molar-refractivity contribution in [2.75, 3.05) is 5.32 Å². The van der Waals surface area contributed by atoms with Gasteiger partial charge < -0.3 is 19.9 Å². The number of hydrogen-bond donors (Lipinski definition) is 3. The minimum Gasteiger partial charge on any atom is -0.506 e. The highest BCUT2D eigenvalue weighted by Gasteiger charge is 2.08. The number of fused-ring (bicyclic) bond motifs is 1. The number of anilines is 2. The highest BCUT2D eigenvalue weighted by Crippen LogP contribution is 2.33. The fourth-order valence-electron chi connectivity index (χ4n) is 1.82. The topological polar surface area (TPSA) is 65.6 Å². The van der Waals surface area contributed by atoms with Crippen LogP contribution in [0.5, 0.6) is 11.5 Å². The van der Waals surface area contributed by atoms with Crippen LogP contribution in [0.3, 0.4) is 0 Å². The predicted octanol–water partition coefficient (Wildman–Crippen LogP) is 3.59. The number of phenolic OH excluding ortho intramolecular Hbond substituents is 2. The molecule has 0 spiro atoms. The Hall–Kier alpha value is -2.62. The van der Waals surface area contributed by atoms with Crippen molar-refractivity contribution >= 4 is 22.5 Å². The van der Waals surface area contributed by atoms with Crippen LogP contribution in [-0.4, -0.2) is 10.2 Å². The van der Waals surface area contributed by atoms with E-state index in [1.807, 2.05) is 12.1 Å². The van der Waals surface area contributed by atoms with Gasteiger partial charge in [0.25, 0.3) is 0 Å². The second kappa shape index (κ2) is 4.00. The molecule has 0 unspecified atom stereocenters. The summed E-state index contributed by atoms with van der Waals surface area (Å²) in [6, 6.07) is 13.8. The number of rotatable bonds is 2. The number of benzene rings is 2. The number of furan rings is 1. The summed E-state index contributed by atoms with van der Waals surface area (Å²) < 4.78 is 5.49. The quantitative estimate of drug-likeness (QED) is 0.600. The third-order valence-corrected chi connectivity index (χ3v) is 2.69. The summed E-state index contributed by atoms with van der Waals surface area (Å²) in [7, 11) is 0. The van der Waals surface area contributed by atoms with Crippen LogP contribution in [0.4, 0.5) is 11.6 Å². The van der Waals surface area contributed by atoms with Gasteiger partial charge in [-0.1, -0.05) is 24.3 Å². The summed E-state index contributed by atoms with van der Waals surface area (Å²) in [4.78, 5) is 0. The first-order valence-corrected chi connectivity index (χ1v) is 5.50. The molecular formula is C14H11NO3. The van der Waals surface area contributed by atoms with Crippen molar-refractivity contribution in [3.63, 3.8) is 0 Å².